The van der Waals surface area contributed by atoms with Crippen LogP contribution < -0.4 is 24.8 Å². The summed E-state index contributed by atoms with van der Waals surface area (Å²) in [4.78, 5) is 4.31. The van der Waals surface area contributed by atoms with Crippen LogP contribution in [0.1, 0.15) is 51.8 Å². The van der Waals surface area contributed by atoms with Gasteiger partial charge in [-0.1, -0.05) is 0 Å². The Hall–Kier alpha value is -0.887. The molecule has 2 nitrogen and oxygen atoms in total. The summed E-state index contributed by atoms with van der Waals surface area (Å²) >= 11 is -0.882. The molecule has 2 aliphatic rings. The summed E-state index contributed by atoms with van der Waals surface area (Å²) in [6, 6.07) is 9.17. The number of nitrogens with zero attached hydrogens (tertiary/aromatic N) is 2. The molecule has 2 aliphatic carbocycles. The molecular formula is C22H24Cl2N2Zr. The molecule has 140 valence electrons. The molecule has 0 radical (unpaired) electrons. The molecule has 1 atom stereocenters. The maximum Gasteiger partial charge on any atom is -1.00 e. The third-order valence-corrected chi connectivity index (χ3v) is 10.9. The average molecular weight is 479 g/mol. The van der Waals surface area contributed by atoms with Crippen molar-refractivity contribution in [3.05, 3.63) is 77.4 Å². The predicted molar refractivity (Wildman–Crippen MR) is 99.6 cm³/mol. The standard InChI is InChI=1S/C12H9N2.C10H15.2ClH.Zr/c1-2-4-11-10(3-1)5-6-12(11)14-8-7-13-9-14;1-7-6-10(4,5)9(3)8(7)2;;;/h1-5,7-9,12H;1-5H3;2*1H;/q;;;;+2/p-2. The van der Waals surface area contributed by atoms with Crippen LogP contribution in [0, 0.1) is 5.41 Å². The van der Waals surface area contributed by atoms with Gasteiger partial charge in [0.2, 0.25) is 0 Å². The van der Waals surface area contributed by atoms with Crippen molar-refractivity contribution >= 4 is 6.08 Å². The van der Waals surface area contributed by atoms with Crippen molar-refractivity contribution in [2.45, 2.75) is 40.7 Å². The van der Waals surface area contributed by atoms with Crippen LogP contribution in [0.4, 0.5) is 0 Å². The van der Waals surface area contributed by atoms with Crippen LogP contribution in [-0.2, 0) is 23.2 Å². The monoisotopic (exact) mass is 476 g/mol. The van der Waals surface area contributed by atoms with Crippen molar-refractivity contribution in [2.24, 2.45) is 5.41 Å². The van der Waals surface area contributed by atoms with E-state index in [9.17, 15) is 0 Å². The number of fused-ring (bicyclic) bond motifs is 1. The molecule has 0 spiro atoms. The molecule has 0 aliphatic heterocycles. The van der Waals surface area contributed by atoms with Crippen LogP contribution >= 0.6 is 0 Å². The maximum absolute atomic E-state index is 4.31. The number of rotatable bonds is 3. The van der Waals surface area contributed by atoms with E-state index in [4.69, 9.17) is 0 Å². The van der Waals surface area contributed by atoms with Crippen molar-refractivity contribution in [3.8, 4) is 0 Å². The average Bonchev–Trinajstić information content (AvgIpc) is 3.26. The van der Waals surface area contributed by atoms with Crippen molar-refractivity contribution in [2.75, 3.05) is 0 Å². The van der Waals surface area contributed by atoms with Crippen LogP contribution in [0.5, 0.6) is 0 Å². The van der Waals surface area contributed by atoms with E-state index >= 15 is 0 Å². The molecule has 0 N–H and O–H groups in total. The van der Waals surface area contributed by atoms with Gasteiger partial charge in [-0.15, -0.1) is 0 Å². The van der Waals surface area contributed by atoms with Gasteiger partial charge >= 0.3 is 162 Å². The maximum atomic E-state index is 4.31. The van der Waals surface area contributed by atoms with Crippen molar-refractivity contribution in [1.29, 1.82) is 0 Å². The summed E-state index contributed by atoms with van der Waals surface area (Å²) in [7, 11) is 0. The first-order valence-corrected chi connectivity index (χ1v) is 11.3. The zero-order valence-corrected chi connectivity index (χ0v) is 20.3. The number of benzene rings is 1. The van der Waals surface area contributed by atoms with Crippen LogP contribution in [0.2, 0.25) is 0 Å². The smallest absolute Gasteiger partial charge is 1.00 e. The second kappa shape index (κ2) is 8.23. The molecule has 27 heavy (non-hydrogen) atoms. The Morgan fingerprint density at radius 1 is 1.04 bits per heavy atom. The van der Waals surface area contributed by atoms with Gasteiger partial charge in [0, 0.05) is 0 Å². The Balaban J connectivity index is 0.00000131. The van der Waals surface area contributed by atoms with Gasteiger partial charge in [0.25, 0.3) is 0 Å². The van der Waals surface area contributed by atoms with Gasteiger partial charge in [0.05, 0.1) is 0 Å². The minimum Gasteiger partial charge on any atom is -1.00 e. The van der Waals surface area contributed by atoms with E-state index < -0.39 is 23.2 Å². The van der Waals surface area contributed by atoms with Crippen LogP contribution in [0.25, 0.3) is 6.08 Å². The molecule has 1 unspecified atom stereocenters. The molecule has 1 aromatic carbocycles. The van der Waals surface area contributed by atoms with E-state index in [1.807, 2.05) is 12.5 Å². The number of hydrogen-bond donors (Lipinski definition) is 0. The quantitative estimate of drug-likeness (QED) is 0.586. The van der Waals surface area contributed by atoms with Gasteiger partial charge in [0.15, 0.2) is 0 Å². The first-order chi connectivity index (χ1) is 11.9. The van der Waals surface area contributed by atoms with Gasteiger partial charge in [0.1, 0.15) is 0 Å². The molecule has 2 aromatic rings. The zero-order valence-electron chi connectivity index (χ0n) is 16.3. The molecule has 1 heterocycles. The van der Waals surface area contributed by atoms with E-state index in [1.54, 1.807) is 17.7 Å². The van der Waals surface area contributed by atoms with Gasteiger partial charge in [-0.05, 0) is 0 Å². The summed E-state index contributed by atoms with van der Waals surface area (Å²) in [5.41, 5.74) is 7.64. The minimum atomic E-state index is -0.882. The Bertz CT molecular complexity index is 937. The van der Waals surface area contributed by atoms with Crippen molar-refractivity contribution in [3.63, 3.8) is 0 Å². The molecule has 4 rings (SSSR count). The van der Waals surface area contributed by atoms with Gasteiger partial charge < -0.3 is 24.8 Å². The van der Waals surface area contributed by atoms with Gasteiger partial charge in [-0.2, -0.15) is 0 Å². The number of halogens is 2. The number of imidazole rings is 1. The third kappa shape index (κ3) is 3.59. The van der Waals surface area contributed by atoms with E-state index in [2.05, 4.69) is 80.7 Å². The van der Waals surface area contributed by atoms with Crippen LogP contribution in [0.15, 0.2) is 66.3 Å². The topological polar surface area (TPSA) is 17.8 Å². The summed E-state index contributed by atoms with van der Waals surface area (Å²) < 4.78 is 5.65. The zero-order chi connectivity index (χ0) is 17.8. The summed E-state index contributed by atoms with van der Waals surface area (Å²) in [5, 5.41) is 0. The first kappa shape index (κ1) is 22.4. The van der Waals surface area contributed by atoms with Gasteiger partial charge in [-0.25, -0.2) is 0 Å². The van der Waals surface area contributed by atoms with Gasteiger partial charge in [-0.3, -0.25) is 0 Å². The largest absolute Gasteiger partial charge is 1.00 e. The fraction of sp³-hybridized carbons (Fsp3) is 0.318. The Morgan fingerprint density at radius 3 is 2.33 bits per heavy atom. The van der Waals surface area contributed by atoms with E-state index in [-0.39, 0.29) is 30.2 Å². The molecule has 0 amide bonds. The Labute approximate surface area is 186 Å². The first-order valence-electron chi connectivity index (χ1n) is 8.86. The van der Waals surface area contributed by atoms with Crippen LogP contribution in [0.3, 0.4) is 0 Å². The summed E-state index contributed by atoms with van der Waals surface area (Å²) in [6.45, 7) is 11.8. The molecule has 1 aromatic heterocycles. The molecule has 5 heteroatoms. The van der Waals surface area contributed by atoms with E-state index in [0.717, 1.165) is 0 Å². The molecule has 0 bridgehead atoms. The second-order valence-corrected chi connectivity index (χ2v) is 10.9. The van der Waals surface area contributed by atoms with Crippen molar-refractivity contribution < 1.29 is 48.0 Å². The molecule has 0 fully saturated rings. The van der Waals surface area contributed by atoms with E-state index in [0.29, 0.717) is 6.04 Å². The summed E-state index contributed by atoms with van der Waals surface area (Å²) in [6.07, 6.45) is 8.43. The Kier molecular flexibility index (Phi) is 6.83. The molecular weight excluding hydrogens is 454 g/mol. The predicted octanol–water partition coefficient (Wildman–Crippen LogP) is -0.432. The van der Waals surface area contributed by atoms with E-state index in [1.165, 1.54) is 16.7 Å². The molecule has 0 saturated carbocycles. The SMILES string of the molecule is CC1=C(C)C(C)(C)[C]([Zr+2][C]2=Cc3ccccc3C2n2ccnc2)=C1C.[Cl-].[Cl-]. The number of aromatic nitrogens is 2. The minimum absolute atomic E-state index is 0. The van der Waals surface area contributed by atoms with Crippen molar-refractivity contribution in [1.82, 2.24) is 9.55 Å². The summed E-state index contributed by atoms with van der Waals surface area (Å²) in [5.74, 6) is 0. The third-order valence-electron chi connectivity index (χ3n) is 6.05. The Morgan fingerprint density at radius 2 is 1.74 bits per heavy atom. The fourth-order valence-corrected chi connectivity index (χ4v) is 8.65. The van der Waals surface area contributed by atoms with Crippen LogP contribution in [-0.4, -0.2) is 9.55 Å². The normalized spacial score (nSPS) is 19.9. The number of allylic oxidation sites excluding steroid dienone is 5. The fourth-order valence-electron chi connectivity index (χ4n) is 4.14. The molecule has 0 saturated heterocycles. The number of hydrogen-bond acceptors (Lipinski definition) is 1. The second-order valence-electron chi connectivity index (χ2n) is 7.64.